The Labute approximate surface area is 154 Å². The topological polar surface area (TPSA) is 21.1 Å². The van der Waals surface area contributed by atoms with E-state index in [1.807, 2.05) is 12.1 Å². The smallest absolute Gasteiger partial charge is 0.114 e. The summed E-state index contributed by atoms with van der Waals surface area (Å²) in [6.07, 6.45) is 2.39. The predicted molar refractivity (Wildman–Crippen MR) is 104 cm³/mol. The van der Waals surface area contributed by atoms with E-state index in [1.54, 1.807) is 0 Å². The molecule has 3 aromatic rings. The van der Waals surface area contributed by atoms with Crippen LogP contribution in [-0.2, 0) is 6.54 Å². The number of rotatable bonds is 4. The molecule has 0 aliphatic carbocycles. The molecule has 4 rings (SSSR count). The third-order valence-corrected chi connectivity index (χ3v) is 5.48. The van der Waals surface area contributed by atoms with E-state index in [0.29, 0.717) is 12.0 Å². The first kappa shape index (κ1) is 16.6. The molecule has 1 aromatic heterocycles. The van der Waals surface area contributed by atoms with Crippen molar-refractivity contribution in [3.63, 3.8) is 0 Å². The highest BCUT2D eigenvalue weighted by molar-refractivity contribution is 6.31. The number of halogens is 1. The summed E-state index contributed by atoms with van der Waals surface area (Å²) in [7, 11) is 2.20. The number of hydrogen-bond acceptors (Lipinski definition) is 2. The Morgan fingerprint density at radius 3 is 2.76 bits per heavy atom. The molecular weight excluding hydrogens is 330 g/mol. The predicted octanol–water partition coefficient (Wildman–Crippen LogP) is 5.26. The summed E-state index contributed by atoms with van der Waals surface area (Å²) in [5.74, 6) is 1.69. The number of nitrogens with zero attached hydrogens (tertiary/aromatic N) is 3. The molecule has 0 fully saturated rings. The third-order valence-electron chi connectivity index (χ3n) is 5.25. The Hall–Kier alpha value is -1.84. The van der Waals surface area contributed by atoms with Gasteiger partial charge in [0.15, 0.2) is 0 Å². The van der Waals surface area contributed by atoms with Gasteiger partial charge in [0.1, 0.15) is 5.82 Å². The molecule has 2 heterocycles. The molecule has 1 aliphatic rings. The van der Waals surface area contributed by atoms with Gasteiger partial charge in [0.25, 0.3) is 0 Å². The van der Waals surface area contributed by atoms with Gasteiger partial charge in [-0.2, -0.15) is 0 Å². The van der Waals surface area contributed by atoms with Gasteiger partial charge in [-0.1, -0.05) is 41.9 Å². The first-order valence-electron chi connectivity index (χ1n) is 9.01. The van der Waals surface area contributed by atoms with Crippen LogP contribution in [0.2, 0.25) is 5.02 Å². The van der Waals surface area contributed by atoms with Crippen molar-refractivity contribution in [3.05, 3.63) is 64.9 Å². The molecule has 3 nitrogen and oxygen atoms in total. The zero-order valence-corrected chi connectivity index (χ0v) is 15.6. The standard InChI is InChI=1S/C21H24ClN3/c1-15-8-9-17(14-24(2)13-16-6-4-3-5-7-16)21-23-19-12-18(22)10-11-20(19)25(15)21/h3-7,10-12,15,17H,8-9,13-14H2,1-2H3. The van der Waals surface area contributed by atoms with Gasteiger partial charge >= 0.3 is 0 Å². The Kier molecular flexibility index (Phi) is 4.53. The lowest BCUT2D eigenvalue weighted by Gasteiger charge is -2.31. The zero-order chi connectivity index (χ0) is 17.4. The second-order valence-electron chi connectivity index (χ2n) is 7.28. The van der Waals surface area contributed by atoms with Gasteiger partial charge in [-0.15, -0.1) is 0 Å². The van der Waals surface area contributed by atoms with Crippen LogP contribution in [-0.4, -0.2) is 28.0 Å². The molecular formula is C21H24ClN3. The largest absolute Gasteiger partial charge is 0.325 e. The van der Waals surface area contributed by atoms with Crippen molar-refractivity contribution in [2.24, 2.45) is 0 Å². The van der Waals surface area contributed by atoms with Crippen molar-refractivity contribution < 1.29 is 0 Å². The molecule has 0 spiro atoms. The van der Waals surface area contributed by atoms with Crippen molar-refractivity contribution in [2.75, 3.05) is 13.6 Å². The fraction of sp³-hybridized carbons (Fsp3) is 0.381. The molecule has 4 heteroatoms. The maximum atomic E-state index is 6.17. The minimum Gasteiger partial charge on any atom is -0.325 e. The average Bonchev–Trinajstić information content (AvgIpc) is 2.97. The van der Waals surface area contributed by atoms with Gasteiger partial charge in [-0.25, -0.2) is 4.98 Å². The average molecular weight is 354 g/mol. The Bertz CT molecular complexity index is 871. The Morgan fingerprint density at radius 2 is 1.96 bits per heavy atom. The lowest BCUT2D eigenvalue weighted by molar-refractivity contribution is 0.264. The number of fused-ring (bicyclic) bond motifs is 3. The quantitative estimate of drug-likeness (QED) is 0.637. The van der Waals surface area contributed by atoms with E-state index in [0.717, 1.165) is 23.6 Å². The molecule has 0 N–H and O–H groups in total. The van der Waals surface area contributed by atoms with E-state index in [4.69, 9.17) is 16.6 Å². The number of likely N-dealkylation sites (N-methyl/N-ethyl adjacent to an activating group) is 1. The number of imidazole rings is 1. The zero-order valence-electron chi connectivity index (χ0n) is 14.8. The van der Waals surface area contributed by atoms with E-state index < -0.39 is 0 Å². The highest BCUT2D eigenvalue weighted by Gasteiger charge is 2.29. The van der Waals surface area contributed by atoms with Gasteiger partial charge in [0.2, 0.25) is 0 Å². The van der Waals surface area contributed by atoms with Gasteiger partial charge in [0, 0.05) is 30.1 Å². The van der Waals surface area contributed by atoms with Crippen LogP contribution >= 0.6 is 11.6 Å². The van der Waals surface area contributed by atoms with E-state index in [-0.39, 0.29) is 0 Å². The number of aromatic nitrogens is 2. The highest BCUT2D eigenvalue weighted by atomic mass is 35.5. The molecule has 2 unspecified atom stereocenters. The molecule has 0 amide bonds. The number of hydrogen-bond donors (Lipinski definition) is 0. The molecule has 0 bridgehead atoms. The van der Waals surface area contributed by atoms with Crippen LogP contribution in [0.15, 0.2) is 48.5 Å². The van der Waals surface area contributed by atoms with E-state index in [2.05, 4.69) is 59.8 Å². The van der Waals surface area contributed by atoms with Gasteiger partial charge < -0.3 is 9.47 Å². The normalized spacial score (nSPS) is 20.2. The summed E-state index contributed by atoms with van der Waals surface area (Å²) in [5.41, 5.74) is 3.59. The lowest BCUT2D eigenvalue weighted by atomic mass is 9.94. The van der Waals surface area contributed by atoms with Crippen LogP contribution in [0.5, 0.6) is 0 Å². The molecule has 25 heavy (non-hydrogen) atoms. The first-order chi connectivity index (χ1) is 12.1. The van der Waals surface area contributed by atoms with Crippen LogP contribution in [0.3, 0.4) is 0 Å². The Morgan fingerprint density at radius 1 is 1.16 bits per heavy atom. The minimum absolute atomic E-state index is 0.469. The van der Waals surface area contributed by atoms with Crippen molar-refractivity contribution in [1.82, 2.24) is 14.5 Å². The second kappa shape index (κ2) is 6.81. The third kappa shape index (κ3) is 3.31. The van der Waals surface area contributed by atoms with E-state index in [1.165, 1.54) is 29.7 Å². The summed E-state index contributed by atoms with van der Waals surface area (Å²) < 4.78 is 2.43. The van der Waals surface area contributed by atoms with Crippen molar-refractivity contribution in [1.29, 1.82) is 0 Å². The molecule has 2 aromatic carbocycles. The maximum Gasteiger partial charge on any atom is 0.114 e. The van der Waals surface area contributed by atoms with Gasteiger partial charge in [0.05, 0.1) is 11.0 Å². The lowest BCUT2D eigenvalue weighted by Crippen LogP contribution is -2.29. The van der Waals surface area contributed by atoms with Crippen molar-refractivity contribution >= 4 is 22.6 Å². The van der Waals surface area contributed by atoms with Crippen molar-refractivity contribution in [3.8, 4) is 0 Å². The van der Waals surface area contributed by atoms with Crippen LogP contribution in [0.4, 0.5) is 0 Å². The summed E-state index contributed by atoms with van der Waals surface area (Å²) in [5, 5.41) is 0.758. The molecule has 1 aliphatic heterocycles. The van der Waals surface area contributed by atoms with Crippen LogP contribution < -0.4 is 0 Å². The monoisotopic (exact) mass is 353 g/mol. The summed E-state index contributed by atoms with van der Waals surface area (Å²) in [6, 6.07) is 17.2. The van der Waals surface area contributed by atoms with Crippen LogP contribution in [0, 0.1) is 0 Å². The SMILES string of the molecule is CC1CCC(CN(C)Cc2ccccc2)c2nc3cc(Cl)ccc3n21. The Balaban J connectivity index is 1.60. The fourth-order valence-corrected chi connectivity index (χ4v) is 4.22. The van der Waals surface area contributed by atoms with Gasteiger partial charge in [-0.3, -0.25) is 0 Å². The minimum atomic E-state index is 0.469. The van der Waals surface area contributed by atoms with Crippen molar-refractivity contribution in [2.45, 2.75) is 38.3 Å². The summed E-state index contributed by atoms with van der Waals surface area (Å²) in [6.45, 7) is 4.29. The molecule has 2 atom stereocenters. The maximum absolute atomic E-state index is 6.17. The molecule has 0 saturated heterocycles. The molecule has 0 saturated carbocycles. The van der Waals surface area contributed by atoms with E-state index in [9.17, 15) is 0 Å². The van der Waals surface area contributed by atoms with Crippen LogP contribution in [0.1, 0.15) is 43.1 Å². The number of benzene rings is 2. The highest BCUT2D eigenvalue weighted by Crippen LogP contribution is 2.37. The van der Waals surface area contributed by atoms with Crippen LogP contribution in [0.25, 0.3) is 11.0 Å². The second-order valence-corrected chi connectivity index (χ2v) is 7.72. The van der Waals surface area contributed by atoms with E-state index >= 15 is 0 Å². The summed E-state index contributed by atoms with van der Waals surface area (Å²) in [4.78, 5) is 7.37. The van der Waals surface area contributed by atoms with Gasteiger partial charge in [-0.05, 0) is 50.6 Å². The first-order valence-corrected chi connectivity index (χ1v) is 9.39. The summed E-state index contributed by atoms with van der Waals surface area (Å²) >= 11 is 6.17. The molecule has 0 radical (unpaired) electrons. The molecule has 130 valence electrons. The fourth-order valence-electron chi connectivity index (χ4n) is 4.05.